The summed E-state index contributed by atoms with van der Waals surface area (Å²) >= 11 is 0. The number of imidazole rings is 1. The van der Waals surface area contributed by atoms with Crippen molar-refractivity contribution in [2.45, 2.75) is 52.1 Å². The maximum absolute atomic E-state index is 12.6. The summed E-state index contributed by atoms with van der Waals surface area (Å²) in [4.78, 5) is 24.4. The van der Waals surface area contributed by atoms with Gasteiger partial charge < -0.3 is 19.5 Å². The SMILES string of the molecule is Cc1ncc(C(=O)N2CCC3(CC2)CO[C@@H](CN2CCC[C@H](C)C2)C3)[nH]1. The third kappa shape index (κ3) is 3.81. The second-order valence-corrected chi connectivity index (χ2v) is 8.82. The van der Waals surface area contributed by atoms with E-state index >= 15 is 0 Å². The monoisotopic (exact) mass is 360 g/mol. The van der Waals surface area contributed by atoms with Crippen LogP contribution < -0.4 is 0 Å². The van der Waals surface area contributed by atoms with Crippen molar-refractivity contribution in [1.82, 2.24) is 19.8 Å². The molecular formula is C20H32N4O2. The number of ether oxygens (including phenoxy) is 1. The van der Waals surface area contributed by atoms with Gasteiger partial charge in [0.15, 0.2) is 0 Å². The minimum absolute atomic E-state index is 0.0817. The number of aryl methyl sites for hydroxylation is 1. The number of H-pyrrole nitrogens is 1. The number of rotatable bonds is 3. The zero-order valence-electron chi connectivity index (χ0n) is 16.2. The van der Waals surface area contributed by atoms with Gasteiger partial charge in [-0.2, -0.15) is 0 Å². The number of piperidine rings is 2. The van der Waals surface area contributed by atoms with Crippen LogP contribution in [0.25, 0.3) is 0 Å². The van der Waals surface area contributed by atoms with Gasteiger partial charge in [-0.3, -0.25) is 4.79 Å². The first-order chi connectivity index (χ1) is 12.5. The summed E-state index contributed by atoms with van der Waals surface area (Å²) in [7, 11) is 0. The summed E-state index contributed by atoms with van der Waals surface area (Å²) in [5.74, 6) is 1.69. The van der Waals surface area contributed by atoms with Gasteiger partial charge in [0.25, 0.3) is 5.91 Å². The van der Waals surface area contributed by atoms with Crippen molar-refractivity contribution < 1.29 is 9.53 Å². The molecule has 0 radical (unpaired) electrons. The van der Waals surface area contributed by atoms with E-state index in [1.54, 1.807) is 6.20 Å². The lowest BCUT2D eigenvalue weighted by Crippen LogP contribution is -2.44. The molecule has 0 unspecified atom stereocenters. The van der Waals surface area contributed by atoms with Gasteiger partial charge >= 0.3 is 0 Å². The molecule has 144 valence electrons. The second-order valence-electron chi connectivity index (χ2n) is 8.82. The quantitative estimate of drug-likeness (QED) is 0.899. The molecule has 6 heteroatoms. The lowest BCUT2D eigenvalue weighted by atomic mass is 9.76. The molecular weight excluding hydrogens is 328 g/mol. The second kappa shape index (κ2) is 7.31. The summed E-state index contributed by atoms with van der Waals surface area (Å²) in [5.41, 5.74) is 0.894. The van der Waals surface area contributed by atoms with E-state index in [0.717, 1.165) is 57.2 Å². The molecule has 3 saturated heterocycles. The number of amides is 1. The standard InChI is InChI=1S/C20H32N4O2/c1-15-4-3-7-23(12-15)13-17-10-20(14-26-17)5-8-24(9-6-20)19(25)18-11-21-16(2)22-18/h11,15,17H,3-10,12-14H2,1-2H3,(H,21,22)/t15-,17+/m0/s1. The molecule has 1 N–H and O–H groups in total. The van der Waals surface area contributed by atoms with Crippen molar-refractivity contribution in [3.63, 3.8) is 0 Å². The highest BCUT2D eigenvalue weighted by molar-refractivity contribution is 5.92. The molecule has 4 heterocycles. The first-order valence-electron chi connectivity index (χ1n) is 10.2. The van der Waals surface area contributed by atoms with E-state index in [9.17, 15) is 4.79 Å². The fraction of sp³-hybridized carbons (Fsp3) is 0.800. The number of nitrogens with one attached hydrogen (secondary N) is 1. The molecule has 3 fully saturated rings. The molecule has 1 amide bonds. The average Bonchev–Trinajstić information content (AvgIpc) is 3.22. The van der Waals surface area contributed by atoms with Crippen molar-refractivity contribution >= 4 is 5.91 Å². The molecule has 0 bridgehead atoms. The highest BCUT2D eigenvalue weighted by Gasteiger charge is 2.43. The largest absolute Gasteiger partial charge is 0.376 e. The van der Waals surface area contributed by atoms with Crippen LogP contribution in [0.2, 0.25) is 0 Å². The fourth-order valence-electron chi connectivity index (χ4n) is 4.99. The Hall–Kier alpha value is -1.40. The van der Waals surface area contributed by atoms with E-state index < -0.39 is 0 Å². The predicted octanol–water partition coefficient (Wildman–Crippen LogP) is 2.46. The van der Waals surface area contributed by atoms with Crippen molar-refractivity contribution in [2.75, 3.05) is 39.3 Å². The molecule has 6 nitrogen and oxygen atoms in total. The summed E-state index contributed by atoms with van der Waals surface area (Å²) < 4.78 is 6.21. The Morgan fingerprint density at radius 3 is 2.88 bits per heavy atom. The van der Waals surface area contributed by atoms with E-state index in [0.29, 0.717) is 11.8 Å². The number of hydrogen-bond acceptors (Lipinski definition) is 4. The van der Waals surface area contributed by atoms with E-state index in [4.69, 9.17) is 4.74 Å². The van der Waals surface area contributed by atoms with Crippen LogP contribution in [0.15, 0.2) is 6.20 Å². The minimum atomic E-state index is 0.0817. The van der Waals surface area contributed by atoms with Crippen molar-refractivity contribution in [2.24, 2.45) is 11.3 Å². The van der Waals surface area contributed by atoms with Crippen LogP contribution in [0.4, 0.5) is 0 Å². The van der Waals surface area contributed by atoms with Gasteiger partial charge in [0, 0.05) is 26.2 Å². The summed E-state index contributed by atoms with van der Waals surface area (Å²) in [5, 5.41) is 0. The fourth-order valence-corrected chi connectivity index (χ4v) is 4.99. The van der Waals surface area contributed by atoms with Gasteiger partial charge in [0.1, 0.15) is 11.5 Å². The molecule has 26 heavy (non-hydrogen) atoms. The molecule has 0 aliphatic carbocycles. The highest BCUT2D eigenvalue weighted by atomic mass is 16.5. The van der Waals surface area contributed by atoms with E-state index in [2.05, 4.69) is 21.8 Å². The lowest BCUT2D eigenvalue weighted by Gasteiger charge is -2.38. The van der Waals surface area contributed by atoms with Gasteiger partial charge in [-0.25, -0.2) is 4.98 Å². The molecule has 1 aromatic rings. The van der Waals surface area contributed by atoms with Gasteiger partial charge in [-0.1, -0.05) is 6.92 Å². The van der Waals surface area contributed by atoms with Crippen molar-refractivity contribution in [1.29, 1.82) is 0 Å². The van der Waals surface area contributed by atoms with Crippen LogP contribution >= 0.6 is 0 Å². The first-order valence-corrected chi connectivity index (χ1v) is 10.2. The van der Waals surface area contributed by atoms with Crippen LogP contribution in [-0.4, -0.2) is 71.1 Å². The van der Waals surface area contributed by atoms with E-state index in [-0.39, 0.29) is 11.3 Å². The number of aromatic amines is 1. The molecule has 3 aliphatic heterocycles. The maximum atomic E-state index is 12.6. The zero-order valence-corrected chi connectivity index (χ0v) is 16.2. The minimum Gasteiger partial charge on any atom is -0.376 e. The van der Waals surface area contributed by atoms with E-state index in [1.165, 1.54) is 25.9 Å². The van der Waals surface area contributed by atoms with Crippen molar-refractivity contribution in [3.8, 4) is 0 Å². The van der Waals surface area contributed by atoms with E-state index in [1.807, 2.05) is 11.8 Å². The van der Waals surface area contributed by atoms with Crippen molar-refractivity contribution in [3.05, 3.63) is 17.7 Å². The Labute approximate surface area is 156 Å². The number of aromatic nitrogens is 2. The Bertz CT molecular complexity index is 636. The Morgan fingerprint density at radius 2 is 2.19 bits per heavy atom. The third-order valence-electron chi connectivity index (χ3n) is 6.53. The van der Waals surface area contributed by atoms with Crippen LogP contribution in [0, 0.1) is 18.3 Å². The average molecular weight is 361 g/mol. The molecule has 0 aromatic carbocycles. The number of nitrogens with zero attached hydrogens (tertiary/aromatic N) is 3. The smallest absolute Gasteiger partial charge is 0.271 e. The van der Waals surface area contributed by atoms with Gasteiger partial charge in [-0.05, 0) is 56.9 Å². The predicted molar refractivity (Wildman–Crippen MR) is 100 cm³/mol. The third-order valence-corrected chi connectivity index (χ3v) is 6.53. The van der Waals surface area contributed by atoms with Gasteiger partial charge in [-0.15, -0.1) is 0 Å². The van der Waals surface area contributed by atoms with Crippen LogP contribution in [-0.2, 0) is 4.74 Å². The topological polar surface area (TPSA) is 61.5 Å². The van der Waals surface area contributed by atoms with Crippen LogP contribution in [0.5, 0.6) is 0 Å². The first kappa shape index (κ1) is 18.0. The molecule has 0 saturated carbocycles. The summed E-state index contributed by atoms with van der Waals surface area (Å²) in [6.07, 6.45) is 7.98. The van der Waals surface area contributed by atoms with Gasteiger partial charge in [0.05, 0.1) is 18.9 Å². The van der Waals surface area contributed by atoms with Crippen LogP contribution in [0.1, 0.15) is 55.3 Å². The number of hydrogen-bond donors (Lipinski definition) is 1. The highest BCUT2D eigenvalue weighted by Crippen LogP contribution is 2.42. The van der Waals surface area contributed by atoms with Crippen LogP contribution in [0.3, 0.4) is 0 Å². The number of carbonyl (C=O) groups is 1. The molecule has 2 atom stereocenters. The maximum Gasteiger partial charge on any atom is 0.271 e. The Kier molecular flexibility index (Phi) is 5.06. The molecule has 1 aromatic heterocycles. The normalized spacial score (nSPS) is 29.4. The summed E-state index contributed by atoms with van der Waals surface area (Å²) in [6.45, 7) is 10.3. The zero-order chi connectivity index (χ0) is 18.1. The lowest BCUT2D eigenvalue weighted by molar-refractivity contribution is 0.0400. The Balaban J connectivity index is 1.28. The molecule has 4 rings (SSSR count). The Morgan fingerprint density at radius 1 is 1.38 bits per heavy atom. The number of carbonyl (C=O) groups excluding carboxylic acids is 1. The number of likely N-dealkylation sites (tertiary alicyclic amines) is 2. The summed E-state index contributed by atoms with van der Waals surface area (Å²) in [6, 6.07) is 0. The van der Waals surface area contributed by atoms with Gasteiger partial charge in [0.2, 0.25) is 0 Å². The molecule has 1 spiro atoms. The molecule has 3 aliphatic rings.